The summed E-state index contributed by atoms with van der Waals surface area (Å²) in [6.45, 7) is 1.48. The topological polar surface area (TPSA) is 112 Å². The van der Waals surface area contributed by atoms with Gasteiger partial charge in [0.15, 0.2) is 21.3 Å². The molecule has 8 nitrogen and oxygen atoms in total. The van der Waals surface area contributed by atoms with Crippen LogP contribution in [0.1, 0.15) is 16.4 Å². The molecular formula is C22H24N2O6S2. The molecule has 1 atom stereocenters. The van der Waals surface area contributed by atoms with E-state index in [0.29, 0.717) is 11.3 Å². The lowest BCUT2D eigenvalue weighted by Crippen LogP contribution is -2.32. The van der Waals surface area contributed by atoms with Crippen LogP contribution in [0.3, 0.4) is 0 Å². The highest BCUT2D eigenvalue weighted by Gasteiger charge is 2.31. The van der Waals surface area contributed by atoms with Gasteiger partial charge in [-0.25, -0.2) is 21.6 Å². The first kappa shape index (κ1) is 23.7. The first-order valence-corrected chi connectivity index (χ1v) is 12.6. The van der Waals surface area contributed by atoms with Crippen LogP contribution in [0.15, 0.2) is 76.8 Å². The summed E-state index contributed by atoms with van der Waals surface area (Å²) in [5, 5.41) is -1.17. The van der Waals surface area contributed by atoms with Crippen LogP contribution in [0.4, 0.5) is 0 Å². The van der Waals surface area contributed by atoms with E-state index in [1.807, 2.05) is 6.92 Å². The standard InChI is InChI=1S/C22H24N2O6S2/c1-16-6-8-18(9-7-16)31(25,26)22(17-5-4-12-23-14-17)15-24-32(27,28)19-10-11-20(29-2)21(13-19)30-3/h4-14,22,24H,15H2,1-3H3/t22-/m1/s1. The zero-order valence-corrected chi connectivity index (χ0v) is 19.5. The van der Waals surface area contributed by atoms with E-state index < -0.39 is 25.1 Å². The zero-order valence-electron chi connectivity index (χ0n) is 17.8. The van der Waals surface area contributed by atoms with Gasteiger partial charge in [-0.3, -0.25) is 4.98 Å². The van der Waals surface area contributed by atoms with Crippen molar-refractivity contribution in [2.45, 2.75) is 22.0 Å². The van der Waals surface area contributed by atoms with Crippen LogP contribution in [-0.2, 0) is 19.9 Å². The molecule has 0 aliphatic heterocycles. The fraction of sp³-hybridized carbons (Fsp3) is 0.227. The normalized spacial score (nSPS) is 12.8. The van der Waals surface area contributed by atoms with Crippen molar-refractivity contribution in [3.05, 3.63) is 78.1 Å². The zero-order chi connectivity index (χ0) is 23.4. The number of ether oxygens (including phenoxy) is 2. The molecule has 1 heterocycles. The minimum Gasteiger partial charge on any atom is -0.493 e. The third kappa shape index (κ3) is 5.09. The lowest BCUT2D eigenvalue weighted by atomic mass is 10.2. The summed E-state index contributed by atoms with van der Waals surface area (Å²) in [5.41, 5.74) is 1.29. The van der Waals surface area contributed by atoms with Crippen molar-refractivity contribution in [2.75, 3.05) is 20.8 Å². The Kier molecular flexibility index (Phi) is 7.17. The maximum atomic E-state index is 13.4. The minimum absolute atomic E-state index is 0.0761. The number of sulfone groups is 1. The van der Waals surface area contributed by atoms with Crippen LogP contribution in [0.25, 0.3) is 0 Å². The molecule has 3 rings (SSSR count). The van der Waals surface area contributed by atoms with Gasteiger partial charge in [-0.05, 0) is 42.8 Å². The maximum absolute atomic E-state index is 13.4. The van der Waals surface area contributed by atoms with Crippen molar-refractivity contribution < 1.29 is 26.3 Å². The summed E-state index contributed by atoms with van der Waals surface area (Å²) in [6, 6.07) is 13.8. The van der Waals surface area contributed by atoms with Gasteiger partial charge >= 0.3 is 0 Å². The third-order valence-electron chi connectivity index (χ3n) is 4.90. The second-order valence-corrected chi connectivity index (χ2v) is 10.9. The summed E-state index contributed by atoms with van der Waals surface area (Å²) < 4.78 is 65.3. The van der Waals surface area contributed by atoms with Gasteiger partial charge < -0.3 is 9.47 Å². The van der Waals surface area contributed by atoms with Crippen LogP contribution in [-0.4, -0.2) is 42.6 Å². The molecule has 10 heteroatoms. The van der Waals surface area contributed by atoms with Gasteiger partial charge in [-0.15, -0.1) is 0 Å². The van der Waals surface area contributed by atoms with Crippen LogP contribution in [0.5, 0.6) is 11.5 Å². The highest BCUT2D eigenvalue weighted by atomic mass is 32.2. The number of methoxy groups -OCH3 is 2. The molecule has 0 aliphatic rings. The molecule has 0 spiro atoms. The first-order chi connectivity index (χ1) is 15.2. The number of hydrogen-bond donors (Lipinski definition) is 1. The van der Waals surface area contributed by atoms with E-state index in [0.717, 1.165) is 5.56 Å². The fourth-order valence-corrected chi connectivity index (χ4v) is 5.93. The lowest BCUT2D eigenvalue weighted by Gasteiger charge is -2.19. The summed E-state index contributed by atoms with van der Waals surface area (Å²) in [5.74, 6) is 0.619. The predicted molar refractivity (Wildman–Crippen MR) is 120 cm³/mol. The average Bonchev–Trinajstić information content (AvgIpc) is 2.79. The Morgan fingerprint density at radius 2 is 1.56 bits per heavy atom. The fourth-order valence-electron chi connectivity index (χ4n) is 3.12. The molecule has 0 bridgehead atoms. The van der Waals surface area contributed by atoms with E-state index in [1.165, 1.54) is 56.9 Å². The van der Waals surface area contributed by atoms with Gasteiger partial charge in [0.05, 0.1) is 24.0 Å². The molecule has 0 saturated heterocycles. The smallest absolute Gasteiger partial charge is 0.240 e. The molecule has 1 aromatic heterocycles. The number of pyridine rings is 1. The molecule has 1 N–H and O–H groups in total. The number of rotatable bonds is 9. The van der Waals surface area contributed by atoms with Crippen molar-refractivity contribution in [3.63, 3.8) is 0 Å². The first-order valence-electron chi connectivity index (χ1n) is 9.61. The van der Waals surface area contributed by atoms with Crippen molar-refractivity contribution in [1.82, 2.24) is 9.71 Å². The van der Waals surface area contributed by atoms with Crippen molar-refractivity contribution in [3.8, 4) is 11.5 Å². The molecular weight excluding hydrogens is 452 g/mol. The number of hydrogen-bond acceptors (Lipinski definition) is 7. The lowest BCUT2D eigenvalue weighted by molar-refractivity contribution is 0.354. The number of benzene rings is 2. The van der Waals surface area contributed by atoms with E-state index >= 15 is 0 Å². The highest BCUT2D eigenvalue weighted by Crippen LogP contribution is 2.31. The Morgan fingerprint density at radius 3 is 2.16 bits per heavy atom. The molecule has 0 aliphatic carbocycles. The second kappa shape index (κ2) is 9.68. The number of aromatic nitrogens is 1. The highest BCUT2D eigenvalue weighted by molar-refractivity contribution is 7.92. The van der Waals surface area contributed by atoms with Crippen molar-refractivity contribution >= 4 is 19.9 Å². The summed E-state index contributed by atoms with van der Waals surface area (Å²) >= 11 is 0. The van der Waals surface area contributed by atoms with Gasteiger partial charge in [0, 0.05) is 25.0 Å². The SMILES string of the molecule is COc1ccc(S(=O)(=O)NC[C@H](c2cccnc2)S(=O)(=O)c2ccc(C)cc2)cc1OC. The average molecular weight is 477 g/mol. The summed E-state index contributed by atoms with van der Waals surface area (Å²) in [6.07, 6.45) is 2.94. The molecule has 0 unspecified atom stereocenters. The van der Waals surface area contributed by atoms with Gasteiger partial charge in [-0.2, -0.15) is 0 Å². The van der Waals surface area contributed by atoms with Crippen LogP contribution < -0.4 is 14.2 Å². The Morgan fingerprint density at radius 1 is 0.906 bits per heavy atom. The Balaban J connectivity index is 1.95. The molecule has 0 saturated carbocycles. The maximum Gasteiger partial charge on any atom is 0.240 e. The van der Waals surface area contributed by atoms with Gasteiger partial charge in [-0.1, -0.05) is 23.8 Å². The monoisotopic (exact) mass is 476 g/mol. The van der Waals surface area contributed by atoms with Crippen LogP contribution in [0.2, 0.25) is 0 Å². The number of nitrogens with zero attached hydrogens (tertiary/aromatic N) is 1. The molecule has 170 valence electrons. The van der Waals surface area contributed by atoms with E-state index in [9.17, 15) is 16.8 Å². The number of nitrogens with one attached hydrogen (secondary N) is 1. The second-order valence-electron chi connectivity index (χ2n) is 7.00. The Labute approximate surface area is 188 Å². The van der Waals surface area contributed by atoms with Crippen LogP contribution in [0, 0.1) is 6.92 Å². The molecule has 0 radical (unpaired) electrons. The van der Waals surface area contributed by atoms with E-state index in [4.69, 9.17) is 9.47 Å². The Hall–Kier alpha value is -2.95. The van der Waals surface area contributed by atoms with Crippen molar-refractivity contribution in [2.24, 2.45) is 0 Å². The van der Waals surface area contributed by atoms with Crippen LogP contribution >= 0.6 is 0 Å². The van der Waals surface area contributed by atoms with E-state index in [-0.39, 0.29) is 22.1 Å². The third-order valence-corrected chi connectivity index (χ3v) is 8.44. The van der Waals surface area contributed by atoms with Gasteiger partial charge in [0.2, 0.25) is 10.0 Å². The van der Waals surface area contributed by atoms with Crippen molar-refractivity contribution in [1.29, 1.82) is 0 Å². The Bertz CT molecular complexity index is 1280. The van der Waals surface area contributed by atoms with E-state index in [1.54, 1.807) is 24.3 Å². The van der Waals surface area contributed by atoms with Gasteiger partial charge in [0.1, 0.15) is 5.25 Å². The number of sulfonamides is 1. The largest absolute Gasteiger partial charge is 0.493 e. The molecule has 0 fully saturated rings. The summed E-state index contributed by atoms with van der Waals surface area (Å²) in [7, 11) is -5.11. The predicted octanol–water partition coefficient (Wildman–Crippen LogP) is 2.90. The molecule has 0 amide bonds. The molecule has 32 heavy (non-hydrogen) atoms. The van der Waals surface area contributed by atoms with E-state index in [2.05, 4.69) is 9.71 Å². The molecule has 3 aromatic rings. The van der Waals surface area contributed by atoms with Gasteiger partial charge in [0.25, 0.3) is 0 Å². The number of aryl methyl sites for hydroxylation is 1. The molecule has 2 aromatic carbocycles. The minimum atomic E-state index is -4.04. The summed E-state index contributed by atoms with van der Waals surface area (Å²) in [4.78, 5) is 4.02. The quantitative estimate of drug-likeness (QED) is 0.505.